The van der Waals surface area contributed by atoms with E-state index >= 15 is 0 Å². The van der Waals surface area contributed by atoms with Gasteiger partial charge in [0.05, 0.1) is 5.69 Å². The monoisotopic (exact) mass is 347 g/mol. The Kier molecular flexibility index (Phi) is 4.45. The summed E-state index contributed by atoms with van der Waals surface area (Å²) in [7, 11) is 0. The van der Waals surface area contributed by atoms with E-state index in [4.69, 9.17) is 11.6 Å². The molecule has 23 heavy (non-hydrogen) atoms. The van der Waals surface area contributed by atoms with E-state index in [2.05, 4.69) is 20.6 Å². The Balaban J connectivity index is 1.81. The SMILES string of the molecule is O=C(Cn1nc(-c2ccc(Cl)cc2)ccc1=O)Nc1nncs1. The van der Waals surface area contributed by atoms with Crippen LogP contribution in [0.15, 0.2) is 46.7 Å². The molecule has 1 N–H and O–H groups in total. The third-order valence-electron chi connectivity index (χ3n) is 2.91. The van der Waals surface area contributed by atoms with Crippen LogP contribution >= 0.6 is 22.9 Å². The number of nitrogens with zero attached hydrogens (tertiary/aromatic N) is 4. The molecule has 0 unspecified atom stereocenters. The first-order valence-electron chi connectivity index (χ1n) is 6.52. The van der Waals surface area contributed by atoms with Crippen molar-refractivity contribution in [1.29, 1.82) is 0 Å². The number of carbonyl (C=O) groups excluding carboxylic acids is 1. The first kappa shape index (κ1) is 15.3. The maximum absolute atomic E-state index is 11.9. The first-order valence-corrected chi connectivity index (χ1v) is 7.78. The lowest BCUT2D eigenvalue weighted by Crippen LogP contribution is -2.29. The molecule has 7 nitrogen and oxygen atoms in total. The number of benzene rings is 1. The zero-order valence-electron chi connectivity index (χ0n) is 11.6. The molecule has 0 aliphatic rings. The summed E-state index contributed by atoms with van der Waals surface area (Å²) in [5, 5.41) is 15.1. The van der Waals surface area contributed by atoms with E-state index in [1.54, 1.807) is 30.3 Å². The number of amides is 1. The van der Waals surface area contributed by atoms with Crippen molar-refractivity contribution in [2.45, 2.75) is 6.54 Å². The molecule has 1 amide bonds. The topological polar surface area (TPSA) is 89.8 Å². The number of hydrogen-bond acceptors (Lipinski definition) is 6. The van der Waals surface area contributed by atoms with Gasteiger partial charge < -0.3 is 0 Å². The number of rotatable bonds is 4. The summed E-state index contributed by atoms with van der Waals surface area (Å²) < 4.78 is 1.10. The second-order valence-electron chi connectivity index (χ2n) is 4.51. The highest BCUT2D eigenvalue weighted by molar-refractivity contribution is 7.13. The third kappa shape index (κ3) is 3.79. The highest BCUT2D eigenvalue weighted by Gasteiger charge is 2.09. The number of aromatic nitrogens is 4. The molecule has 0 aliphatic heterocycles. The van der Waals surface area contributed by atoms with Gasteiger partial charge in [-0.05, 0) is 18.2 Å². The number of nitrogens with one attached hydrogen (secondary N) is 1. The molecule has 0 saturated carbocycles. The Bertz CT molecular complexity index is 877. The Hall–Kier alpha value is -2.58. The predicted octanol–water partition coefficient (Wildman–Crippen LogP) is 2.05. The number of carbonyl (C=O) groups is 1. The van der Waals surface area contributed by atoms with Crippen LogP contribution in [0.1, 0.15) is 0 Å². The van der Waals surface area contributed by atoms with E-state index in [-0.39, 0.29) is 12.1 Å². The standard InChI is InChI=1S/C14H10ClN5O2S/c15-10-3-1-9(2-4-10)11-5-6-13(22)20(19-11)7-12(21)17-14-18-16-8-23-14/h1-6,8H,7H2,(H,17,18,21). The largest absolute Gasteiger partial charge is 0.299 e. The van der Waals surface area contributed by atoms with Crippen molar-refractivity contribution < 1.29 is 4.79 Å². The van der Waals surface area contributed by atoms with Crippen molar-refractivity contribution in [1.82, 2.24) is 20.0 Å². The Labute approximate surface area is 139 Å². The van der Waals surface area contributed by atoms with Crippen LogP contribution in [0.5, 0.6) is 0 Å². The molecule has 9 heteroatoms. The quantitative estimate of drug-likeness (QED) is 0.780. The Morgan fingerprint density at radius 3 is 2.70 bits per heavy atom. The molecule has 3 rings (SSSR count). The molecule has 2 aromatic heterocycles. The molecular weight excluding hydrogens is 338 g/mol. The molecule has 2 heterocycles. The fourth-order valence-corrected chi connectivity index (χ4v) is 2.45. The van der Waals surface area contributed by atoms with Gasteiger partial charge in [0.1, 0.15) is 12.1 Å². The van der Waals surface area contributed by atoms with Gasteiger partial charge in [0.15, 0.2) is 0 Å². The van der Waals surface area contributed by atoms with Gasteiger partial charge in [-0.1, -0.05) is 35.1 Å². The van der Waals surface area contributed by atoms with Gasteiger partial charge in [0.2, 0.25) is 11.0 Å². The summed E-state index contributed by atoms with van der Waals surface area (Å²) in [6, 6.07) is 10.0. The molecule has 0 saturated heterocycles. The summed E-state index contributed by atoms with van der Waals surface area (Å²) in [5.41, 5.74) is 2.51. The molecular formula is C14H10ClN5O2S. The van der Waals surface area contributed by atoms with E-state index in [0.29, 0.717) is 15.8 Å². The van der Waals surface area contributed by atoms with Crippen molar-refractivity contribution >= 4 is 34.0 Å². The van der Waals surface area contributed by atoms with Crippen molar-refractivity contribution in [3.05, 3.63) is 57.3 Å². The van der Waals surface area contributed by atoms with Crippen molar-refractivity contribution in [2.75, 3.05) is 5.32 Å². The first-order chi connectivity index (χ1) is 11.1. The fraction of sp³-hybridized carbons (Fsp3) is 0.0714. The van der Waals surface area contributed by atoms with Crippen LogP contribution in [0, 0.1) is 0 Å². The van der Waals surface area contributed by atoms with Crippen LogP contribution in [0.4, 0.5) is 5.13 Å². The van der Waals surface area contributed by atoms with Gasteiger partial charge in [-0.15, -0.1) is 10.2 Å². The highest BCUT2D eigenvalue weighted by atomic mass is 35.5. The molecule has 116 valence electrons. The summed E-state index contributed by atoms with van der Waals surface area (Å²) >= 11 is 7.05. The number of anilines is 1. The van der Waals surface area contributed by atoms with Gasteiger partial charge in [0.25, 0.3) is 5.56 Å². The minimum Gasteiger partial charge on any atom is -0.299 e. The summed E-state index contributed by atoms with van der Waals surface area (Å²) in [6.07, 6.45) is 0. The van der Waals surface area contributed by atoms with Gasteiger partial charge >= 0.3 is 0 Å². The number of halogens is 1. The molecule has 0 bridgehead atoms. The smallest absolute Gasteiger partial charge is 0.267 e. The normalized spacial score (nSPS) is 10.5. The van der Waals surface area contributed by atoms with Crippen LogP contribution in [0.2, 0.25) is 5.02 Å². The minimum atomic E-state index is -0.399. The maximum Gasteiger partial charge on any atom is 0.267 e. The average molecular weight is 348 g/mol. The van der Waals surface area contributed by atoms with Crippen molar-refractivity contribution in [3.8, 4) is 11.3 Å². The molecule has 0 fully saturated rings. The van der Waals surface area contributed by atoms with E-state index in [1.807, 2.05) is 0 Å². The van der Waals surface area contributed by atoms with E-state index in [0.717, 1.165) is 10.2 Å². The molecule has 3 aromatic rings. The van der Waals surface area contributed by atoms with Crippen LogP contribution in [-0.2, 0) is 11.3 Å². The Morgan fingerprint density at radius 2 is 2.00 bits per heavy atom. The summed E-state index contributed by atoms with van der Waals surface area (Å²) in [6.45, 7) is -0.208. The zero-order chi connectivity index (χ0) is 16.2. The second-order valence-corrected chi connectivity index (χ2v) is 5.78. The average Bonchev–Trinajstić information content (AvgIpc) is 3.03. The van der Waals surface area contributed by atoms with E-state index in [9.17, 15) is 9.59 Å². The second kappa shape index (κ2) is 6.67. The maximum atomic E-state index is 11.9. The van der Waals surface area contributed by atoms with Crippen molar-refractivity contribution in [2.24, 2.45) is 0 Å². The van der Waals surface area contributed by atoms with Crippen LogP contribution in [-0.4, -0.2) is 25.9 Å². The summed E-state index contributed by atoms with van der Waals surface area (Å²) in [4.78, 5) is 23.8. The third-order valence-corrected chi connectivity index (χ3v) is 3.77. The predicted molar refractivity (Wildman–Crippen MR) is 87.5 cm³/mol. The lowest BCUT2D eigenvalue weighted by Gasteiger charge is -2.07. The molecule has 0 atom stereocenters. The Morgan fingerprint density at radius 1 is 1.22 bits per heavy atom. The van der Waals surface area contributed by atoms with E-state index < -0.39 is 5.91 Å². The fourth-order valence-electron chi connectivity index (χ4n) is 1.86. The lowest BCUT2D eigenvalue weighted by atomic mass is 10.1. The molecule has 0 spiro atoms. The van der Waals surface area contributed by atoms with E-state index in [1.165, 1.54) is 22.9 Å². The van der Waals surface area contributed by atoms with Crippen LogP contribution in [0.3, 0.4) is 0 Å². The minimum absolute atomic E-state index is 0.208. The van der Waals surface area contributed by atoms with Gasteiger partial charge in [-0.25, -0.2) is 4.68 Å². The lowest BCUT2D eigenvalue weighted by molar-refractivity contribution is -0.117. The molecule has 1 aromatic carbocycles. The van der Waals surface area contributed by atoms with Crippen molar-refractivity contribution in [3.63, 3.8) is 0 Å². The summed E-state index contributed by atoms with van der Waals surface area (Å²) in [5.74, 6) is -0.399. The zero-order valence-corrected chi connectivity index (χ0v) is 13.2. The van der Waals surface area contributed by atoms with Gasteiger partial charge in [-0.3, -0.25) is 14.9 Å². The molecule has 0 aliphatic carbocycles. The van der Waals surface area contributed by atoms with Gasteiger partial charge in [0, 0.05) is 16.7 Å². The van der Waals surface area contributed by atoms with Gasteiger partial charge in [-0.2, -0.15) is 5.10 Å². The highest BCUT2D eigenvalue weighted by Crippen LogP contribution is 2.18. The number of hydrogen-bond donors (Lipinski definition) is 1. The van der Waals surface area contributed by atoms with Crippen LogP contribution < -0.4 is 10.9 Å². The molecule has 0 radical (unpaired) electrons. The van der Waals surface area contributed by atoms with Crippen LogP contribution in [0.25, 0.3) is 11.3 Å².